The molecule has 2 amide bonds. The Kier molecular flexibility index (Phi) is 5.40. The Morgan fingerprint density at radius 3 is 2.33 bits per heavy atom. The second kappa shape index (κ2) is 7.31. The predicted molar refractivity (Wildman–Crippen MR) is 92.2 cm³/mol. The number of hydrogen-bond acceptors (Lipinski definition) is 6. The van der Waals surface area contributed by atoms with Crippen molar-refractivity contribution in [2.45, 2.75) is 6.92 Å². The lowest BCUT2D eigenvalue weighted by Crippen LogP contribution is -2.53. The minimum Gasteiger partial charge on any atom is -0.493 e. The molecule has 1 aliphatic rings. The molecule has 2 rings (SSSR count). The number of benzene rings is 1. The van der Waals surface area contributed by atoms with Gasteiger partial charge in [-0.2, -0.15) is 0 Å². The van der Waals surface area contributed by atoms with Crippen LogP contribution >= 0.6 is 12.2 Å². The lowest BCUT2D eigenvalue weighted by Gasteiger charge is -2.27. The number of hydrogen-bond donors (Lipinski definition) is 1. The molecule has 0 bridgehead atoms. The summed E-state index contributed by atoms with van der Waals surface area (Å²) in [6.45, 7) is 2.13. The van der Waals surface area contributed by atoms with Crippen LogP contribution in [0.1, 0.15) is 12.5 Å². The first kappa shape index (κ1) is 17.7. The van der Waals surface area contributed by atoms with Gasteiger partial charge in [-0.15, -0.1) is 0 Å². The molecule has 0 atom stereocenters. The van der Waals surface area contributed by atoms with E-state index in [1.165, 1.54) is 32.3 Å². The van der Waals surface area contributed by atoms with Crippen molar-refractivity contribution >= 4 is 35.2 Å². The Labute approximate surface area is 145 Å². The molecule has 0 radical (unpaired) electrons. The van der Waals surface area contributed by atoms with Crippen molar-refractivity contribution in [1.29, 1.82) is 0 Å². The first-order valence-corrected chi connectivity index (χ1v) is 7.57. The summed E-state index contributed by atoms with van der Waals surface area (Å²) in [6, 6.07) is 3.35. The van der Waals surface area contributed by atoms with Gasteiger partial charge in [0.1, 0.15) is 5.57 Å². The molecule has 8 heteroatoms. The van der Waals surface area contributed by atoms with E-state index in [1.54, 1.807) is 19.1 Å². The molecule has 1 aliphatic heterocycles. The van der Waals surface area contributed by atoms with Gasteiger partial charge in [-0.1, -0.05) is 0 Å². The van der Waals surface area contributed by atoms with Crippen molar-refractivity contribution in [3.05, 3.63) is 23.3 Å². The number of methoxy groups -OCH3 is 3. The maximum absolute atomic E-state index is 12.5. The van der Waals surface area contributed by atoms with Gasteiger partial charge in [0, 0.05) is 12.1 Å². The fourth-order valence-electron chi connectivity index (χ4n) is 2.37. The smallest absolute Gasteiger partial charge is 0.265 e. The fraction of sp³-hybridized carbons (Fsp3) is 0.312. The maximum Gasteiger partial charge on any atom is 0.265 e. The van der Waals surface area contributed by atoms with Crippen molar-refractivity contribution in [2.75, 3.05) is 27.9 Å². The zero-order valence-electron chi connectivity index (χ0n) is 13.8. The first-order chi connectivity index (χ1) is 11.5. The highest BCUT2D eigenvalue weighted by molar-refractivity contribution is 7.80. The average molecular weight is 350 g/mol. The van der Waals surface area contributed by atoms with Crippen LogP contribution in [0.15, 0.2) is 17.7 Å². The summed E-state index contributed by atoms with van der Waals surface area (Å²) in [4.78, 5) is 25.9. The van der Waals surface area contributed by atoms with Crippen LogP contribution in [0.5, 0.6) is 17.2 Å². The van der Waals surface area contributed by atoms with Crippen molar-refractivity contribution in [1.82, 2.24) is 10.2 Å². The molecule has 1 N–H and O–H groups in total. The molecule has 0 unspecified atom stereocenters. The summed E-state index contributed by atoms with van der Waals surface area (Å²) in [7, 11) is 4.45. The lowest BCUT2D eigenvalue weighted by atomic mass is 10.1. The number of ether oxygens (including phenoxy) is 3. The summed E-state index contributed by atoms with van der Waals surface area (Å²) in [6.07, 6.45) is 1.45. The summed E-state index contributed by atoms with van der Waals surface area (Å²) >= 11 is 5.00. The predicted octanol–water partition coefficient (Wildman–Crippen LogP) is 1.36. The highest BCUT2D eigenvalue weighted by atomic mass is 32.1. The van der Waals surface area contributed by atoms with E-state index < -0.39 is 11.8 Å². The van der Waals surface area contributed by atoms with Crippen LogP contribution in [-0.2, 0) is 9.59 Å². The number of amides is 2. The number of thiocarbonyl (C=S) groups is 1. The molecule has 24 heavy (non-hydrogen) atoms. The van der Waals surface area contributed by atoms with Crippen molar-refractivity contribution in [3.63, 3.8) is 0 Å². The van der Waals surface area contributed by atoms with Gasteiger partial charge < -0.3 is 14.2 Å². The summed E-state index contributed by atoms with van der Waals surface area (Å²) in [5, 5.41) is 2.60. The molecular formula is C16H18N2O5S. The molecule has 0 spiro atoms. The van der Waals surface area contributed by atoms with Crippen LogP contribution in [0.4, 0.5) is 0 Å². The van der Waals surface area contributed by atoms with Gasteiger partial charge in [0.25, 0.3) is 11.8 Å². The maximum atomic E-state index is 12.5. The Hall–Kier alpha value is -2.61. The van der Waals surface area contributed by atoms with E-state index in [4.69, 9.17) is 26.4 Å². The van der Waals surface area contributed by atoms with Gasteiger partial charge in [0.15, 0.2) is 16.6 Å². The molecule has 128 valence electrons. The SMILES string of the molecule is CCN1C(=O)/C(=C\c2ccc(OC)c(OC)c2OC)C(=O)NC1=S. The second-order valence-electron chi connectivity index (χ2n) is 4.79. The number of carbonyl (C=O) groups is 2. The first-order valence-electron chi connectivity index (χ1n) is 7.16. The molecule has 1 heterocycles. The quantitative estimate of drug-likeness (QED) is 0.491. The van der Waals surface area contributed by atoms with Crippen molar-refractivity contribution < 1.29 is 23.8 Å². The number of rotatable bonds is 5. The van der Waals surface area contributed by atoms with E-state index >= 15 is 0 Å². The van der Waals surface area contributed by atoms with Crippen molar-refractivity contribution in [3.8, 4) is 17.2 Å². The second-order valence-corrected chi connectivity index (χ2v) is 5.18. The summed E-state index contributed by atoms with van der Waals surface area (Å²) in [5.41, 5.74) is 0.480. The van der Waals surface area contributed by atoms with Gasteiger partial charge >= 0.3 is 0 Å². The Balaban J connectivity index is 2.56. The van der Waals surface area contributed by atoms with Gasteiger partial charge in [-0.25, -0.2) is 0 Å². The lowest BCUT2D eigenvalue weighted by molar-refractivity contribution is -0.128. The number of likely N-dealkylation sites (N-methyl/N-ethyl adjacent to an activating group) is 1. The Bertz CT molecular complexity index is 729. The van der Waals surface area contributed by atoms with Gasteiger partial charge in [-0.3, -0.25) is 19.8 Å². The third kappa shape index (κ3) is 3.05. The van der Waals surface area contributed by atoms with Crippen LogP contribution in [0.2, 0.25) is 0 Å². The molecule has 0 aliphatic carbocycles. The van der Waals surface area contributed by atoms with E-state index in [1.807, 2.05) is 0 Å². The molecule has 0 aromatic heterocycles. The normalized spacial score (nSPS) is 16.2. The van der Waals surface area contributed by atoms with E-state index in [-0.39, 0.29) is 10.7 Å². The van der Waals surface area contributed by atoms with E-state index in [2.05, 4.69) is 5.32 Å². The van der Waals surface area contributed by atoms with Crippen LogP contribution in [0.25, 0.3) is 6.08 Å². The van der Waals surface area contributed by atoms with E-state index in [0.29, 0.717) is 29.4 Å². The summed E-state index contributed by atoms with van der Waals surface area (Å²) in [5.74, 6) is 0.212. The molecule has 0 saturated carbocycles. The average Bonchev–Trinajstić information content (AvgIpc) is 2.57. The topological polar surface area (TPSA) is 77.1 Å². The molecule has 1 aromatic carbocycles. The zero-order chi connectivity index (χ0) is 17.9. The number of carbonyl (C=O) groups excluding carboxylic acids is 2. The van der Waals surface area contributed by atoms with E-state index in [0.717, 1.165) is 0 Å². The van der Waals surface area contributed by atoms with Crippen molar-refractivity contribution in [2.24, 2.45) is 0 Å². The molecular weight excluding hydrogens is 332 g/mol. The highest BCUT2D eigenvalue weighted by Crippen LogP contribution is 2.40. The largest absolute Gasteiger partial charge is 0.493 e. The van der Waals surface area contributed by atoms with Crippen LogP contribution < -0.4 is 19.5 Å². The van der Waals surface area contributed by atoms with Gasteiger partial charge in [-0.05, 0) is 37.4 Å². The number of nitrogens with one attached hydrogen (secondary N) is 1. The minimum atomic E-state index is -0.550. The zero-order valence-corrected chi connectivity index (χ0v) is 14.7. The molecule has 1 aromatic rings. The summed E-state index contributed by atoms with van der Waals surface area (Å²) < 4.78 is 15.9. The standard InChI is InChI=1S/C16H18N2O5S/c1-5-18-15(20)10(14(19)17-16(18)24)8-9-6-7-11(21-2)13(23-4)12(9)22-3/h6-8H,5H2,1-4H3,(H,17,19,24)/b10-8-. The van der Waals surface area contributed by atoms with E-state index in [9.17, 15) is 9.59 Å². The molecule has 1 saturated heterocycles. The molecule has 7 nitrogen and oxygen atoms in total. The Morgan fingerprint density at radius 2 is 1.79 bits per heavy atom. The Morgan fingerprint density at radius 1 is 1.12 bits per heavy atom. The highest BCUT2D eigenvalue weighted by Gasteiger charge is 2.32. The third-order valence-corrected chi connectivity index (χ3v) is 3.86. The monoisotopic (exact) mass is 350 g/mol. The van der Waals surface area contributed by atoms with Gasteiger partial charge in [0.05, 0.1) is 21.3 Å². The third-order valence-electron chi connectivity index (χ3n) is 3.54. The van der Waals surface area contributed by atoms with Gasteiger partial charge in [0.2, 0.25) is 5.75 Å². The van der Waals surface area contributed by atoms with Crippen LogP contribution in [0, 0.1) is 0 Å². The fourth-order valence-corrected chi connectivity index (χ4v) is 2.68. The van der Waals surface area contributed by atoms with Crippen LogP contribution in [-0.4, -0.2) is 49.7 Å². The number of nitrogens with zero attached hydrogens (tertiary/aromatic N) is 1. The van der Waals surface area contributed by atoms with Crippen LogP contribution in [0.3, 0.4) is 0 Å². The molecule has 1 fully saturated rings. The minimum absolute atomic E-state index is 0.0315.